The van der Waals surface area contributed by atoms with Crippen LogP contribution in [0.15, 0.2) is 46.5 Å². The van der Waals surface area contributed by atoms with Crippen LogP contribution in [-0.2, 0) is 4.79 Å². The van der Waals surface area contributed by atoms with E-state index < -0.39 is 0 Å². The maximum absolute atomic E-state index is 13.5. The first-order valence-electron chi connectivity index (χ1n) is 6.91. The molecular formula is C17H12FNOS2. The van der Waals surface area contributed by atoms with Crippen LogP contribution < -0.4 is 5.32 Å². The predicted molar refractivity (Wildman–Crippen MR) is 89.1 cm³/mol. The van der Waals surface area contributed by atoms with Crippen molar-refractivity contribution < 1.29 is 9.18 Å². The Bertz CT molecular complexity index is 838. The summed E-state index contributed by atoms with van der Waals surface area (Å²) in [4.78, 5) is 13.3. The van der Waals surface area contributed by atoms with Gasteiger partial charge in [-0.25, -0.2) is 4.39 Å². The maximum atomic E-state index is 13.5. The van der Waals surface area contributed by atoms with Gasteiger partial charge in [0.25, 0.3) is 0 Å². The normalized spacial score (nSPS) is 17.1. The molecule has 0 spiro atoms. The molecule has 3 heterocycles. The predicted octanol–water partition coefficient (Wildman–Crippen LogP) is 5.09. The average Bonchev–Trinajstić information content (AvgIpc) is 3.16. The van der Waals surface area contributed by atoms with Crippen LogP contribution in [0.4, 0.5) is 10.1 Å². The fraction of sp³-hybridized carbons (Fsp3) is 0.118. The number of amides is 1. The number of hydrogen-bond donors (Lipinski definition) is 1. The lowest BCUT2D eigenvalue weighted by molar-refractivity contribution is -0.116. The summed E-state index contributed by atoms with van der Waals surface area (Å²) in [5.41, 5.74) is 3.70. The Balaban J connectivity index is 1.84. The molecule has 1 aliphatic heterocycles. The van der Waals surface area contributed by atoms with E-state index in [-0.39, 0.29) is 17.6 Å². The Kier molecular flexibility index (Phi) is 3.32. The van der Waals surface area contributed by atoms with Crippen molar-refractivity contribution >= 4 is 34.3 Å². The van der Waals surface area contributed by atoms with E-state index in [9.17, 15) is 9.18 Å². The fourth-order valence-corrected chi connectivity index (χ4v) is 4.71. The summed E-state index contributed by atoms with van der Waals surface area (Å²) in [6, 6.07) is 8.55. The molecule has 0 radical (unpaired) electrons. The largest absolute Gasteiger partial charge is 0.325 e. The molecule has 2 nitrogen and oxygen atoms in total. The molecule has 0 unspecified atom stereocenters. The third kappa shape index (κ3) is 2.26. The third-order valence-corrected chi connectivity index (χ3v) is 5.67. The number of fused-ring (bicyclic) bond motifs is 1. The monoisotopic (exact) mass is 329 g/mol. The van der Waals surface area contributed by atoms with Crippen LogP contribution in [0.3, 0.4) is 0 Å². The van der Waals surface area contributed by atoms with Crippen LogP contribution in [0.2, 0.25) is 0 Å². The van der Waals surface area contributed by atoms with Crippen LogP contribution in [0.1, 0.15) is 22.8 Å². The molecule has 1 atom stereocenters. The standard InChI is InChI=1S/C17H12FNOS2/c18-12-3-1-2-10(6-12)14-9-22-17-13(11-4-5-21-8-11)7-15(20)19-16(14)17/h1-6,8-9,13H,7H2,(H,19,20)/t13-/m1/s1. The quantitative estimate of drug-likeness (QED) is 0.697. The highest BCUT2D eigenvalue weighted by molar-refractivity contribution is 7.11. The summed E-state index contributed by atoms with van der Waals surface area (Å²) in [5, 5.41) is 9.10. The van der Waals surface area contributed by atoms with E-state index in [1.807, 2.05) is 16.8 Å². The number of halogens is 1. The summed E-state index contributed by atoms with van der Waals surface area (Å²) in [6.07, 6.45) is 0.465. The van der Waals surface area contributed by atoms with Gasteiger partial charge in [-0.3, -0.25) is 4.79 Å². The zero-order valence-electron chi connectivity index (χ0n) is 11.5. The highest BCUT2D eigenvalue weighted by Crippen LogP contribution is 2.46. The number of rotatable bonds is 2. The molecule has 0 bridgehead atoms. The zero-order chi connectivity index (χ0) is 15.1. The molecule has 3 aromatic rings. The molecule has 22 heavy (non-hydrogen) atoms. The van der Waals surface area contributed by atoms with Gasteiger partial charge in [0, 0.05) is 28.2 Å². The van der Waals surface area contributed by atoms with Crippen molar-refractivity contribution in [1.29, 1.82) is 0 Å². The van der Waals surface area contributed by atoms with Crippen LogP contribution in [0, 0.1) is 5.82 Å². The average molecular weight is 329 g/mol. The third-order valence-electron chi connectivity index (χ3n) is 3.87. The Hall–Kier alpha value is -1.98. The Morgan fingerprint density at radius 1 is 1.23 bits per heavy atom. The van der Waals surface area contributed by atoms with Gasteiger partial charge >= 0.3 is 0 Å². The molecule has 1 amide bonds. The summed E-state index contributed by atoms with van der Waals surface area (Å²) < 4.78 is 13.5. The number of carbonyl (C=O) groups excluding carboxylic acids is 1. The molecule has 5 heteroatoms. The summed E-state index contributed by atoms with van der Waals surface area (Å²) >= 11 is 3.27. The van der Waals surface area contributed by atoms with Gasteiger partial charge in [-0.2, -0.15) is 11.3 Å². The lowest BCUT2D eigenvalue weighted by Crippen LogP contribution is -2.22. The number of benzene rings is 1. The Morgan fingerprint density at radius 2 is 2.14 bits per heavy atom. The molecule has 0 fully saturated rings. The zero-order valence-corrected chi connectivity index (χ0v) is 13.1. The summed E-state index contributed by atoms with van der Waals surface area (Å²) in [6.45, 7) is 0. The van der Waals surface area contributed by atoms with Crippen LogP contribution in [0.25, 0.3) is 11.1 Å². The fourth-order valence-electron chi connectivity index (χ4n) is 2.84. The van der Waals surface area contributed by atoms with Crippen molar-refractivity contribution in [3.63, 3.8) is 0 Å². The van der Waals surface area contributed by atoms with Crippen LogP contribution in [0.5, 0.6) is 0 Å². The van der Waals surface area contributed by atoms with Crippen molar-refractivity contribution in [1.82, 2.24) is 0 Å². The van der Waals surface area contributed by atoms with Crippen LogP contribution >= 0.6 is 22.7 Å². The number of nitrogens with one attached hydrogen (secondary N) is 1. The van der Waals surface area contributed by atoms with E-state index in [4.69, 9.17) is 0 Å². The number of thiophene rings is 2. The van der Waals surface area contributed by atoms with Gasteiger partial charge in [0.1, 0.15) is 5.82 Å². The minimum Gasteiger partial charge on any atom is -0.325 e. The van der Waals surface area contributed by atoms with Gasteiger partial charge in [-0.1, -0.05) is 12.1 Å². The number of hydrogen-bond acceptors (Lipinski definition) is 3. The lowest BCUT2D eigenvalue weighted by atomic mass is 9.91. The molecule has 0 saturated heterocycles. The van der Waals surface area contributed by atoms with Gasteiger partial charge in [-0.15, -0.1) is 11.3 Å². The summed E-state index contributed by atoms with van der Waals surface area (Å²) in [7, 11) is 0. The van der Waals surface area contributed by atoms with Gasteiger partial charge < -0.3 is 5.32 Å². The van der Waals surface area contributed by atoms with Crippen molar-refractivity contribution in [2.45, 2.75) is 12.3 Å². The smallest absolute Gasteiger partial charge is 0.225 e. The number of carbonyl (C=O) groups is 1. The van der Waals surface area contributed by atoms with E-state index in [0.29, 0.717) is 6.42 Å². The second-order valence-corrected chi connectivity index (χ2v) is 6.95. The lowest BCUT2D eigenvalue weighted by Gasteiger charge is -2.23. The molecule has 4 rings (SSSR count). The van der Waals surface area contributed by atoms with Crippen molar-refractivity contribution in [2.24, 2.45) is 0 Å². The first-order valence-corrected chi connectivity index (χ1v) is 8.74. The highest BCUT2D eigenvalue weighted by Gasteiger charge is 2.30. The summed E-state index contributed by atoms with van der Waals surface area (Å²) in [5.74, 6) is -0.156. The van der Waals surface area contributed by atoms with E-state index in [1.165, 1.54) is 17.7 Å². The molecular weight excluding hydrogens is 317 g/mol. The molecule has 1 N–H and O–H groups in total. The molecule has 1 aromatic carbocycles. The van der Waals surface area contributed by atoms with E-state index in [2.05, 4.69) is 16.8 Å². The first-order chi connectivity index (χ1) is 10.7. The molecule has 2 aromatic heterocycles. The second kappa shape index (κ2) is 5.34. The highest BCUT2D eigenvalue weighted by atomic mass is 32.1. The van der Waals surface area contributed by atoms with Gasteiger partial charge in [-0.05, 0) is 40.1 Å². The molecule has 0 saturated carbocycles. The van der Waals surface area contributed by atoms with E-state index in [1.54, 1.807) is 28.7 Å². The SMILES string of the molecule is O=C1C[C@H](c2ccsc2)c2scc(-c3cccc(F)c3)c2N1. The van der Waals surface area contributed by atoms with Crippen molar-refractivity contribution in [2.75, 3.05) is 5.32 Å². The van der Waals surface area contributed by atoms with Crippen molar-refractivity contribution in [3.8, 4) is 11.1 Å². The minimum absolute atomic E-state index is 0.0137. The van der Waals surface area contributed by atoms with E-state index >= 15 is 0 Å². The molecule has 110 valence electrons. The Labute approximate surface area is 135 Å². The van der Waals surface area contributed by atoms with E-state index in [0.717, 1.165) is 21.7 Å². The van der Waals surface area contributed by atoms with Gasteiger partial charge in [0.2, 0.25) is 5.91 Å². The van der Waals surface area contributed by atoms with Crippen LogP contribution in [-0.4, -0.2) is 5.91 Å². The maximum Gasteiger partial charge on any atom is 0.225 e. The minimum atomic E-state index is -0.269. The topological polar surface area (TPSA) is 29.1 Å². The van der Waals surface area contributed by atoms with Gasteiger partial charge in [0.05, 0.1) is 5.69 Å². The first kappa shape index (κ1) is 13.7. The Morgan fingerprint density at radius 3 is 2.91 bits per heavy atom. The van der Waals surface area contributed by atoms with Gasteiger partial charge in [0.15, 0.2) is 0 Å². The molecule has 0 aliphatic carbocycles. The van der Waals surface area contributed by atoms with Crippen molar-refractivity contribution in [3.05, 3.63) is 62.7 Å². The second-order valence-electron chi connectivity index (χ2n) is 5.26. The molecule has 1 aliphatic rings. The number of anilines is 1.